The third kappa shape index (κ3) is 8.75. The van der Waals surface area contributed by atoms with Gasteiger partial charge in [0.15, 0.2) is 8.07 Å². The molecule has 2 nitrogen and oxygen atoms in total. The number of ether oxygens (including phenoxy) is 2. The molecule has 0 saturated heterocycles. The molecule has 9 aromatic carbocycles. The van der Waals surface area contributed by atoms with Gasteiger partial charge in [0.25, 0.3) is 6.71 Å². The lowest BCUT2D eigenvalue weighted by Gasteiger charge is -2.35. The van der Waals surface area contributed by atoms with Crippen molar-refractivity contribution in [2.45, 2.75) is 105 Å². The molecule has 368 valence electrons. The van der Waals surface area contributed by atoms with Crippen LogP contribution in [0, 0.1) is 0 Å². The zero-order valence-corrected chi connectivity index (χ0v) is 46.4. The fourth-order valence-corrected chi connectivity index (χ4v) is 16.1. The minimum atomic E-state index is -2.73. The summed E-state index contributed by atoms with van der Waals surface area (Å²) < 4.78 is 14.5. The zero-order valence-electron chi connectivity index (χ0n) is 45.4. The number of benzene rings is 9. The van der Waals surface area contributed by atoms with Gasteiger partial charge in [-0.25, -0.2) is 0 Å². The lowest BCUT2D eigenvalue weighted by atomic mass is 9.34. The van der Waals surface area contributed by atoms with Gasteiger partial charge >= 0.3 is 0 Å². The van der Waals surface area contributed by atoms with Crippen LogP contribution in [0.15, 0.2) is 200 Å². The van der Waals surface area contributed by atoms with E-state index in [1.54, 1.807) is 0 Å². The van der Waals surface area contributed by atoms with Gasteiger partial charge in [0, 0.05) is 11.0 Å². The molecule has 11 rings (SSSR count). The average molecular weight is 981 g/mol. The summed E-state index contributed by atoms with van der Waals surface area (Å²) in [4.78, 5) is 0. The van der Waals surface area contributed by atoms with E-state index in [1.165, 1.54) is 54.1 Å². The van der Waals surface area contributed by atoms with E-state index >= 15 is 0 Å². The minimum absolute atomic E-state index is 0.00211. The summed E-state index contributed by atoms with van der Waals surface area (Å²) in [5.41, 5.74) is 15.5. The standard InChI is InChI=1S/C70H69BO2Si/c1-67(2,3)51-38-49(39-52(44-51)68(4,5)6)47-30-35-60-63(42-47)72-62-37-34-59(46-28-32-58(33-29-46)74(55-22-16-13-17-23-55,56-24-18-14-19-25-56)57-26-20-15-21-27-57)66-65(62)71(60)61-36-31-48(43-64(61)73-66)50-40-53(69(7,8)9)45-54(41-50)70(10,11)12/h13-45H,1-12H3. The Bertz CT molecular complexity index is 3400. The van der Waals surface area contributed by atoms with Gasteiger partial charge in [0.2, 0.25) is 0 Å². The predicted molar refractivity (Wildman–Crippen MR) is 319 cm³/mol. The van der Waals surface area contributed by atoms with Crippen molar-refractivity contribution in [3.8, 4) is 56.4 Å². The van der Waals surface area contributed by atoms with E-state index in [4.69, 9.17) is 9.47 Å². The Morgan fingerprint density at radius 2 is 0.676 bits per heavy atom. The Morgan fingerprint density at radius 3 is 1.07 bits per heavy atom. The highest BCUT2D eigenvalue weighted by Gasteiger charge is 2.43. The highest BCUT2D eigenvalue weighted by Crippen LogP contribution is 2.44. The van der Waals surface area contributed by atoms with Gasteiger partial charge in [-0.2, -0.15) is 0 Å². The Kier molecular flexibility index (Phi) is 12.0. The molecular weight excluding hydrogens is 912 g/mol. The first-order valence-electron chi connectivity index (χ1n) is 26.6. The fourth-order valence-electron chi connectivity index (χ4n) is 11.4. The summed E-state index contributed by atoms with van der Waals surface area (Å²) >= 11 is 0. The molecule has 0 radical (unpaired) electrons. The second kappa shape index (κ2) is 18.1. The molecule has 2 aliphatic rings. The van der Waals surface area contributed by atoms with Crippen LogP contribution in [0.4, 0.5) is 0 Å². The molecule has 0 atom stereocenters. The summed E-state index contributed by atoms with van der Waals surface area (Å²) in [6.07, 6.45) is 0. The average Bonchev–Trinajstić information content (AvgIpc) is 3.40. The van der Waals surface area contributed by atoms with Crippen LogP contribution in [0.5, 0.6) is 23.0 Å². The first-order valence-corrected chi connectivity index (χ1v) is 28.6. The fraction of sp³-hybridized carbons (Fsp3) is 0.229. The van der Waals surface area contributed by atoms with Crippen molar-refractivity contribution >= 4 is 51.9 Å². The number of rotatable bonds is 7. The van der Waals surface area contributed by atoms with Crippen molar-refractivity contribution in [2.75, 3.05) is 0 Å². The van der Waals surface area contributed by atoms with Gasteiger partial charge < -0.3 is 9.47 Å². The van der Waals surface area contributed by atoms with Crippen LogP contribution in [0.25, 0.3) is 33.4 Å². The highest BCUT2D eigenvalue weighted by molar-refractivity contribution is 7.19. The second-order valence-corrected chi connectivity index (χ2v) is 28.8. The van der Waals surface area contributed by atoms with Gasteiger partial charge in [-0.1, -0.05) is 259 Å². The number of hydrogen-bond donors (Lipinski definition) is 0. The molecule has 2 aliphatic heterocycles. The molecule has 0 spiro atoms. The Balaban J connectivity index is 1.09. The van der Waals surface area contributed by atoms with E-state index in [1.807, 2.05) is 0 Å². The van der Waals surface area contributed by atoms with Crippen molar-refractivity contribution in [3.05, 3.63) is 222 Å². The molecule has 0 N–H and O–H groups in total. The molecule has 0 unspecified atom stereocenters. The molecule has 0 bridgehead atoms. The Morgan fingerprint density at radius 1 is 0.311 bits per heavy atom. The molecule has 0 aromatic heterocycles. The van der Waals surface area contributed by atoms with E-state index in [-0.39, 0.29) is 28.4 Å². The highest BCUT2D eigenvalue weighted by atomic mass is 28.3. The van der Waals surface area contributed by atoms with Gasteiger partial charge in [0.05, 0.1) is 0 Å². The molecule has 0 saturated carbocycles. The summed E-state index contributed by atoms with van der Waals surface area (Å²) in [6.45, 7) is 27.6. The van der Waals surface area contributed by atoms with Crippen molar-refractivity contribution < 1.29 is 9.47 Å². The van der Waals surface area contributed by atoms with Crippen LogP contribution in [0.1, 0.15) is 105 Å². The third-order valence-corrected chi connectivity index (χ3v) is 20.6. The van der Waals surface area contributed by atoms with Crippen LogP contribution < -0.4 is 46.6 Å². The summed E-state index contributed by atoms with van der Waals surface area (Å²) in [7, 11) is -2.73. The van der Waals surface area contributed by atoms with Crippen molar-refractivity contribution in [1.29, 1.82) is 0 Å². The monoisotopic (exact) mass is 981 g/mol. The number of fused-ring (bicyclic) bond motifs is 4. The van der Waals surface area contributed by atoms with Crippen LogP contribution in [0.2, 0.25) is 0 Å². The summed E-state index contributed by atoms with van der Waals surface area (Å²) in [5.74, 6) is 3.45. The SMILES string of the molecule is CC(C)(C)c1cc(-c2ccc3c(c2)Oc2ccc(-c4ccc([Si](c5ccccc5)(c5ccccc5)c5ccccc5)cc4)c4c2B3c2ccc(-c3cc(C(C)(C)C)cc(C(C)(C)C)c3)cc2O4)cc(C(C)(C)C)c1. The Labute approximate surface area is 442 Å². The van der Waals surface area contributed by atoms with E-state index in [0.717, 1.165) is 61.6 Å². The predicted octanol–water partition coefficient (Wildman–Crippen LogP) is 14.0. The van der Waals surface area contributed by atoms with E-state index in [0.29, 0.717) is 0 Å². The lowest BCUT2D eigenvalue weighted by molar-refractivity contribution is 0.466. The summed E-state index contributed by atoms with van der Waals surface area (Å²) in [5, 5.41) is 5.38. The Hall–Kier alpha value is -7.14. The molecule has 9 aromatic rings. The third-order valence-electron chi connectivity index (χ3n) is 15.8. The van der Waals surface area contributed by atoms with Gasteiger partial charge in [-0.15, -0.1) is 0 Å². The lowest BCUT2D eigenvalue weighted by Crippen LogP contribution is -2.74. The van der Waals surface area contributed by atoms with Crippen LogP contribution in [-0.2, 0) is 21.7 Å². The van der Waals surface area contributed by atoms with Gasteiger partial charge in [-0.3, -0.25) is 0 Å². The van der Waals surface area contributed by atoms with Crippen LogP contribution >= 0.6 is 0 Å². The first-order chi connectivity index (χ1) is 35.2. The maximum absolute atomic E-state index is 7.40. The van der Waals surface area contributed by atoms with Crippen molar-refractivity contribution in [1.82, 2.24) is 0 Å². The molecule has 4 heteroatoms. The second-order valence-electron chi connectivity index (χ2n) is 25.0. The maximum Gasteiger partial charge on any atom is 0.260 e. The molecule has 0 amide bonds. The molecule has 74 heavy (non-hydrogen) atoms. The largest absolute Gasteiger partial charge is 0.458 e. The quantitative estimate of drug-likeness (QED) is 0.117. The van der Waals surface area contributed by atoms with Crippen molar-refractivity contribution in [3.63, 3.8) is 0 Å². The van der Waals surface area contributed by atoms with E-state index in [9.17, 15) is 0 Å². The normalized spacial score (nSPS) is 13.3. The first kappa shape index (κ1) is 49.1. The molecular formula is C70H69BO2Si. The van der Waals surface area contributed by atoms with E-state index < -0.39 is 8.07 Å². The number of hydrogen-bond acceptors (Lipinski definition) is 2. The molecule has 0 fully saturated rings. The topological polar surface area (TPSA) is 18.5 Å². The minimum Gasteiger partial charge on any atom is -0.458 e. The zero-order chi connectivity index (χ0) is 52.0. The summed E-state index contributed by atoms with van der Waals surface area (Å²) in [6, 6.07) is 75.3. The molecule has 2 heterocycles. The van der Waals surface area contributed by atoms with Crippen LogP contribution in [-0.4, -0.2) is 14.8 Å². The maximum atomic E-state index is 7.40. The van der Waals surface area contributed by atoms with Crippen molar-refractivity contribution in [2.24, 2.45) is 0 Å². The van der Waals surface area contributed by atoms with Gasteiger partial charge in [0.1, 0.15) is 23.0 Å². The van der Waals surface area contributed by atoms with Gasteiger partial charge in [-0.05, 0) is 128 Å². The van der Waals surface area contributed by atoms with E-state index in [2.05, 4.69) is 283 Å². The molecule has 0 aliphatic carbocycles. The van der Waals surface area contributed by atoms with Crippen LogP contribution in [0.3, 0.4) is 0 Å². The smallest absolute Gasteiger partial charge is 0.260 e.